The van der Waals surface area contributed by atoms with Crippen LogP contribution in [0.5, 0.6) is 0 Å². The fraction of sp³-hybridized carbons (Fsp3) is 1.00. The molecule has 1 saturated heterocycles. The fourth-order valence-corrected chi connectivity index (χ4v) is 1.54. The minimum absolute atomic E-state index is 0.0620. The zero-order valence-electron chi connectivity index (χ0n) is 3.87. The molecular weight excluding hydrogens is 129 g/mol. The first-order valence-electron chi connectivity index (χ1n) is 2.13. The number of hydrogen-bond acceptors (Lipinski definition) is 3. The van der Waals surface area contributed by atoms with E-state index in [4.69, 9.17) is 5.11 Å². The van der Waals surface area contributed by atoms with Crippen molar-refractivity contribution in [2.24, 2.45) is 0 Å². The standard InChI is InChI=1S/C3H8NOPS/c5-3-1-4(2-3)7-6/h3,5H,1-2,6H2. The highest BCUT2D eigenvalue weighted by Crippen LogP contribution is 2.23. The Labute approximate surface area is 49.4 Å². The van der Waals surface area contributed by atoms with Crippen LogP contribution in [-0.2, 0) is 0 Å². The van der Waals surface area contributed by atoms with E-state index in [0.29, 0.717) is 0 Å². The summed E-state index contributed by atoms with van der Waals surface area (Å²) in [4.78, 5) is 0. The number of rotatable bonds is 1. The van der Waals surface area contributed by atoms with Crippen LogP contribution in [-0.4, -0.2) is 28.6 Å². The lowest BCUT2D eigenvalue weighted by atomic mass is 10.2. The second-order valence-electron chi connectivity index (χ2n) is 1.61. The minimum Gasteiger partial charge on any atom is -0.390 e. The first-order valence-corrected chi connectivity index (χ1v) is 4.38. The summed E-state index contributed by atoms with van der Waals surface area (Å²) in [5, 5.41) is 8.69. The van der Waals surface area contributed by atoms with Gasteiger partial charge in [-0.05, 0) is 0 Å². The van der Waals surface area contributed by atoms with E-state index in [0.717, 1.165) is 13.1 Å². The maximum absolute atomic E-state index is 8.69. The van der Waals surface area contributed by atoms with Crippen molar-refractivity contribution < 1.29 is 5.11 Å². The second kappa shape index (κ2) is 2.31. The molecule has 42 valence electrons. The van der Waals surface area contributed by atoms with Crippen molar-refractivity contribution in [3.05, 3.63) is 0 Å². The highest BCUT2D eigenvalue weighted by Gasteiger charge is 2.22. The fourth-order valence-electron chi connectivity index (χ4n) is 0.503. The number of aliphatic hydroxyl groups is 1. The summed E-state index contributed by atoms with van der Waals surface area (Å²) in [5.41, 5.74) is 0. The first-order chi connectivity index (χ1) is 3.33. The van der Waals surface area contributed by atoms with Crippen molar-refractivity contribution in [3.8, 4) is 0 Å². The average Bonchev–Trinajstić information content (AvgIpc) is 1.58. The van der Waals surface area contributed by atoms with Gasteiger partial charge in [-0.1, -0.05) is 20.0 Å². The lowest BCUT2D eigenvalue weighted by Gasteiger charge is -2.32. The summed E-state index contributed by atoms with van der Waals surface area (Å²) in [7, 11) is 2.54. The molecule has 0 aliphatic carbocycles. The highest BCUT2D eigenvalue weighted by molar-refractivity contribution is 8.42. The summed E-state index contributed by atoms with van der Waals surface area (Å²) >= 11 is 1.61. The Kier molecular flexibility index (Phi) is 1.93. The normalized spacial score (nSPS) is 24.9. The highest BCUT2D eigenvalue weighted by atomic mass is 32.7. The lowest BCUT2D eigenvalue weighted by molar-refractivity contribution is 0.0626. The Bertz CT molecular complexity index is 66.0. The predicted molar refractivity (Wildman–Crippen MR) is 34.9 cm³/mol. The van der Waals surface area contributed by atoms with E-state index >= 15 is 0 Å². The SMILES string of the molecule is OC1CN(SP)C1. The van der Waals surface area contributed by atoms with E-state index in [-0.39, 0.29) is 6.10 Å². The molecule has 1 aliphatic rings. The minimum atomic E-state index is -0.0620. The predicted octanol–water partition coefficient (Wildman–Crippen LogP) is 0.101. The zero-order chi connectivity index (χ0) is 5.28. The van der Waals surface area contributed by atoms with E-state index in [2.05, 4.69) is 12.7 Å². The molecule has 0 aromatic heterocycles. The van der Waals surface area contributed by atoms with Crippen molar-refractivity contribution >= 4 is 20.0 Å². The van der Waals surface area contributed by atoms with E-state index < -0.39 is 0 Å². The number of nitrogens with zero attached hydrogens (tertiary/aromatic N) is 1. The molecule has 4 heteroatoms. The van der Waals surface area contributed by atoms with Crippen molar-refractivity contribution in [1.82, 2.24) is 4.31 Å². The molecule has 0 aromatic rings. The maximum atomic E-state index is 8.69. The third-order valence-electron chi connectivity index (χ3n) is 0.978. The quantitative estimate of drug-likeness (QED) is 0.409. The lowest BCUT2D eigenvalue weighted by Crippen LogP contribution is -2.45. The molecule has 0 radical (unpaired) electrons. The van der Waals surface area contributed by atoms with Crippen LogP contribution in [0.2, 0.25) is 0 Å². The van der Waals surface area contributed by atoms with Crippen molar-refractivity contribution in [3.63, 3.8) is 0 Å². The summed E-state index contributed by atoms with van der Waals surface area (Å²) in [6.45, 7) is 1.66. The van der Waals surface area contributed by atoms with Gasteiger partial charge in [0.15, 0.2) is 0 Å². The number of β-amino-alcohol motifs (C(OH)–C–C–N with tert-alkyl or cyclic N) is 1. The van der Waals surface area contributed by atoms with E-state index in [9.17, 15) is 0 Å². The first kappa shape index (κ1) is 5.83. The Morgan fingerprint density at radius 2 is 2.29 bits per heavy atom. The largest absolute Gasteiger partial charge is 0.390 e. The molecule has 0 bridgehead atoms. The summed E-state index contributed by atoms with van der Waals surface area (Å²) in [5.74, 6) is 0. The van der Waals surface area contributed by atoms with Gasteiger partial charge in [0.2, 0.25) is 0 Å². The monoisotopic (exact) mass is 137 g/mol. The van der Waals surface area contributed by atoms with Crippen molar-refractivity contribution in [1.29, 1.82) is 0 Å². The van der Waals surface area contributed by atoms with E-state index in [1.807, 2.05) is 0 Å². The molecule has 0 amide bonds. The zero-order valence-corrected chi connectivity index (χ0v) is 5.84. The molecule has 1 aliphatic heterocycles. The van der Waals surface area contributed by atoms with Crippen LogP contribution < -0.4 is 0 Å². The van der Waals surface area contributed by atoms with E-state index in [1.54, 1.807) is 11.6 Å². The molecule has 1 heterocycles. The van der Waals surface area contributed by atoms with Crippen LogP contribution in [0, 0.1) is 0 Å². The van der Waals surface area contributed by atoms with Gasteiger partial charge in [-0.15, -0.1) is 0 Å². The molecule has 2 nitrogen and oxygen atoms in total. The molecule has 0 spiro atoms. The van der Waals surface area contributed by atoms with E-state index in [1.165, 1.54) is 0 Å². The van der Waals surface area contributed by atoms with Gasteiger partial charge in [-0.25, -0.2) is 4.31 Å². The summed E-state index contributed by atoms with van der Waals surface area (Å²) in [6, 6.07) is 0. The number of aliphatic hydroxyl groups excluding tert-OH is 1. The molecule has 1 fully saturated rings. The van der Waals surface area contributed by atoms with Crippen LogP contribution >= 0.6 is 20.0 Å². The van der Waals surface area contributed by atoms with Crippen LogP contribution in [0.3, 0.4) is 0 Å². The smallest absolute Gasteiger partial charge is 0.0812 e. The summed E-state index contributed by atoms with van der Waals surface area (Å²) < 4.78 is 2.08. The van der Waals surface area contributed by atoms with Crippen LogP contribution in [0.1, 0.15) is 0 Å². The Morgan fingerprint density at radius 3 is 2.43 bits per heavy atom. The molecule has 1 atom stereocenters. The third kappa shape index (κ3) is 1.29. The average molecular weight is 137 g/mol. The topological polar surface area (TPSA) is 23.5 Å². The molecule has 0 saturated carbocycles. The molecule has 1 unspecified atom stereocenters. The Morgan fingerprint density at radius 1 is 1.71 bits per heavy atom. The van der Waals surface area contributed by atoms with Crippen LogP contribution in [0.4, 0.5) is 0 Å². The molecule has 1 N–H and O–H groups in total. The van der Waals surface area contributed by atoms with Gasteiger partial charge in [0.25, 0.3) is 0 Å². The van der Waals surface area contributed by atoms with Gasteiger partial charge in [0, 0.05) is 13.1 Å². The molecule has 0 aromatic carbocycles. The second-order valence-corrected chi connectivity index (χ2v) is 2.97. The summed E-state index contributed by atoms with van der Waals surface area (Å²) in [6.07, 6.45) is -0.0620. The molecule has 1 rings (SSSR count). The van der Waals surface area contributed by atoms with Gasteiger partial charge in [0.05, 0.1) is 6.10 Å². The maximum Gasteiger partial charge on any atom is 0.0812 e. The number of hydrogen-bond donors (Lipinski definition) is 1. The Hall–Kier alpha value is 0.700. The van der Waals surface area contributed by atoms with Gasteiger partial charge >= 0.3 is 0 Å². The molecular formula is C3H8NOPS. The van der Waals surface area contributed by atoms with Gasteiger partial charge < -0.3 is 5.11 Å². The molecule has 7 heavy (non-hydrogen) atoms. The van der Waals surface area contributed by atoms with Crippen LogP contribution in [0.15, 0.2) is 0 Å². The van der Waals surface area contributed by atoms with Crippen molar-refractivity contribution in [2.75, 3.05) is 13.1 Å². The van der Waals surface area contributed by atoms with Crippen LogP contribution in [0.25, 0.3) is 0 Å². The Balaban J connectivity index is 2.06. The third-order valence-corrected chi connectivity index (χ3v) is 2.47. The van der Waals surface area contributed by atoms with Gasteiger partial charge in [-0.3, -0.25) is 0 Å². The van der Waals surface area contributed by atoms with Gasteiger partial charge in [0.1, 0.15) is 0 Å². The van der Waals surface area contributed by atoms with Crippen molar-refractivity contribution in [2.45, 2.75) is 6.10 Å². The van der Waals surface area contributed by atoms with Gasteiger partial charge in [-0.2, -0.15) is 0 Å².